The molecule has 1 aromatic heterocycles. The highest BCUT2D eigenvalue weighted by molar-refractivity contribution is 6.06. The summed E-state index contributed by atoms with van der Waals surface area (Å²) in [5.74, 6) is 0.549. The summed E-state index contributed by atoms with van der Waals surface area (Å²) in [6.07, 6.45) is 5.91. The number of esters is 1. The van der Waals surface area contributed by atoms with E-state index < -0.39 is 0 Å². The molecule has 0 spiro atoms. The molecule has 1 aliphatic rings. The molecular weight excluding hydrogens is 412 g/mol. The summed E-state index contributed by atoms with van der Waals surface area (Å²) in [5, 5.41) is 0.910. The summed E-state index contributed by atoms with van der Waals surface area (Å²) < 4.78 is 13.7. The molecule has 1 saturated heterocycles. The maximum Gasteiger partial charge on any atom is 0.340 e. The largest absolute Gasteiger partial charge is 0.494 e. The third-order valence-electron chi connectivity index (χ3n) is 6.58. The first-order valence-electron chi connectivity index (χ1n) is 12.4. The van der Waals surface area contributed by atoms with Crippen molar-refractivity contribution in [3.8, 4) is 5.75 Å². The number of aryl methyl sites for hydroxylation is 2. The molecule has 0 bridgehead atoms. The van der Waals surface area contributed by atoms with Crippen molar-refractivity contribution in [3.63, 3.8) is 0 Å². The predicted octanol–water partition coefficient (Wildman–Crippen LogP) is 5.62. The van der Waals surface area contributed by atoms with Crippen LogP contribution in [0.3, 0.4) is 0 Å². The molecule has 33 heavy (non-hydrogen) atoms. The Morgan fingerprint density at radius 3 is 2.55 bits per heavy atom. The summed E-state index contributed by atoms with van der Waals surface area (Å²) in [6, 6.07) is 16.6. The van der Waals surface area contributed by atoms with Crippen molar-refractivity contribution in [2.24, 2.45) is 0 Å². The minimum atomic E-state index is -0.263. The van der Waals surface area contributed by atoms with Gasteiger partial charge in [0.25, 0.3) is 0 Å². The minimum absolute atomic E-state index is 0.263. The van der Waals surface area contributed by atoms with E-state index in [0.29, 0.717) is 18.8 Å². The van der Waals surface area contributed by atoms with Crippen molar-refractivity contribution in [2.45, 2.75) is 52.5 Å². The molecule has 176 valence electrons. The van der Waals surface area contributed by atoms with Crippen LogP contribution in [0.5, 0.6) is 5.75 Å². The summed E-state index contributed by atoms with van der Waals surface area (Å²) in [5.41, 5.74) is 3.93. The molecule has 0 unspecified atom stereocenters. The van der Waals surface area contributed by atoms with Crippen molar-refractivity contribution in [1.82, 2.24) is 9.47 Å². The van der Waals surface area contributed by atoms with E-state index in [2.05, 4.69) is 39.8 Å². The third kappa shape index (κ3) is 5.77. The fourth-order valence-electron chi connectivity index (χ4n) is 4.85. The molecule has 3 aromatic rings. The molecule has 5 nitrogen and oxygen atoms in total. The monoisotopic (exact) mass is 448 g/mol. The number of piperidine rings is 1. The van der Waals surface area contributed by atoms with Crippen LogP contribution in [0.25, 0.3) is 10.9 Å². The molecule has 1 aliphatic heterocycles. The van der Waals surface area contributed by atoms with Crippen LogP contribution in [-0.2, 0) is 17.7 Å². The number of nitrogens with zero attached hydrogens (tertiary/aromatic N) is 2. The second kappa shape index (κ2) is 11.4. The number of carbonyl (C=O) groups is 1. The fraction of sp³-hybridized carbons (Fsp3) is 0.464. The highest BCUT2D eigenvalue weighted by Crippen LogP contribution is 2.30. The number of likely N-dealkylation sites (tertiary alicyclic amines) is 1. The van der Waals surface area contributed by atoms with Gasteiger partial charge in [-0.3, -0.25) is 0 Å². The number of aromatic nitrogens is 1. The molecule has 2 aromatic carbocycles. The number of carbonyl (C=O) groups excluding carboxylic acids is 1. The van der Waals surface area contributed by atoms with Crippen molar-refractivity contribution < 1.29 is 14.3 Å². The lowest BCUT2D eigenvalue weighted by Crippen LogP contribution is -2.31. The van der Waals surface area contributed by atoms with Crippen LogP contribution in [0, 0.1) is 6.92 Å². The van der Waals surface area contributed by atoms with E-state index in [1.807, 2.05) is 32.0 Å². The lowest BCUT2D eigenvalue weighted by atomic mass is 10.1. The fourth-order valence-corrected chi connectivity index (χ4v) is 4.85. The van der Waals surface area contributed by atoms with Crippen LogP contribution >= 0.6 is 0 Å². The first kappa shape index (κ1) is 23.4. The Kier molecular flexibility index (Phi) is 8.05. The van der Waals surface area contributed by atoms with E-state index in [1.54, 1.807) is 0 Å². The zero-order valence-electron chi connectivity index (χ0n) is 20.0. The van der Waals surface area contributed by atoms with E-state index in [9.17, 15) is 4.79 Å². The number of hydrogen-bond donors (Lipinski definition) is 0. The molecule has 0 N–H and O–H groups in total. The van der Waals surface area contributed by atoms with Crippen LogP contribution in [0.4, 0.5) is 0 Å². The summed E-state index contributed by atoms with van der Waals surface area (Å²) in [6.45, 7) is 9.23. The number of fused-ring (bicyclic) bond motifs is 1. The zero-order chi connectivity index (χ0) is 23.0. The highest BCUT2D eigenvalue weighted by atomic mass is 16.5. The first-order valence-corrected chi connectivity index (χ1v) is 12.4. The number of hydrogen-bond acceptors (Lipinski definition) is 4. The molecule has 0 atom stereocenters. The maximum atomic E-state index is 12.8. The van der Waals surface area contributed by atoms with E-state index in [-0.39, 0.29) is 5.97 Å². The molecule has 5 heteroatoms. The second-order valence-corrected chi connectivity index (χ2v) is 8.85. The summed E-state index contributed by atoms with van der Waals surface area (Å²) >= 11 is 0. The van der Waals surface area contributed by atoms with Gasteiger partial charge in [-0.15, -0.1) is 0 Å². The SMILES string of the molecule is CCOC(=O)c1c(C)n(CCc2ccccc2)c2ccc(OCCCN3CCCCC3)cc12. The molecule has 2 heterocycles. The van der Waals surface area contributed by atoms with Crippen molar-refractivity contribution in [1.29, 1.82) is 0 Å². The van der Waals surface area contributed by atoms with E-state index in [0.717, 1.165) is 48.3 Å². The van der Waals surface area contributed by atoms with Crippen LogP contribution in [-0.4, -0.2) is 48.3 Å². The Labute approximate surface area is 197 Å². The van der Waals surface area contributed by atoms with E-state index in [4.69, 9.17) is 9.47 Å². The van der Waals surface area contributed by atoms with E-state index >= 15 is 0 Å². The lowest BCUT2D eigenvalue weighted by Gasteiger charge is -2.26. The van der Waals surface area contributed by atoms with Gasteiger partial charge in [0.2, 0.25) is 0 Å². The van der Waals surface area contributed by atoms with Gasteiger partial charge in [0.15, 0.2) is 0 Å². The Morgan fingerprint density at radius 2 is 1.79 bits per heavy atom. The maximum absolute atomic E-state index is 12.8. The second-order valence-electron chi connectivity index (χ2n) is 8.85. The third-order valence-corrected chi connectivity index (χ3v) is 6.58. The molecule has 1 fully saturated rings. The molecule has 0 radical (unpaired) electrons. The van der Waals surface area contributed by atoms with Gasteiger partial charge in [-0.2, -0.15) is 0 Å². The Morgan fingerprint density at radius 1 is 1.00 bits per heavy atom. The quantitative estimate of drug-likeness (QED) is 0.298. The highest BCUT2D eigenvalue weighted by Gasteiger charge is 2.21. The smallest absolute Gasteiger partial charge is 0.340 e. The van der Waals surface area contributed by atoms with Crippen LogP contribution in [0.15, 0.2) is 48.5 Å². The Balaban J connectivity index is 1.51. The summed E-state index contributed by atoms with van der Waals surface area (Å²) in [7, 11) is 0. The van der Waals surface area contributed by atoms with Crippen LogP contribution in [0.1, 0.15) is 54.2 Å². The van der Waals surface area contributed by atoms with Crippen LogP contribution < -0.4 is 4.74 Å². The average Bonchev–Trinajstić information content (AvgIpc) is 3.12. The topological polar surface area (TPSA) is 43.7 Å². The zero-order valence-corrected chi connectivity index (χ0v) is 20.0. The van der Waals surface area contributed by atoms with Gasteiger partial charge in [0.1, 0.15) is 5.75 Å². The van der Waals surface area contributed by atoms with Gasteiger partial charge >= 0.3 is 5.97 Å². The van der Waals surface area contributed by atoms with Crippen LogP contribution in [0.2, 0.25) is 0 Å². The number of ether oxygens (including phenoxy) is 2. The predicted molar refractivity (Wildman–Crippen MR) is 133 cm³/mol. The Hall–Kier alpha value is -2.79. The molecular formula is C28H36N2O3. The van der Waals surface area contributed by atoms with Crippen molar-refractivity contribution in [3.05, 3.63) is 65.4 Å². The van der Waals surface area contributed by atoms with Gasteiger partial charge in [-0.1, -0.05) is 36.8 Å². The normalized spacial score (nSPS) is 14.5. The van der Waals surface area contributed by atoms with Crippen molar-refractivity contribution in [2.75, 3.05) is 32.8 Å². The molecule has 0 amide bonds. The Bertz CT molecular complexity index is 1050. The molecule has 0 aliphatic carbocycles. The standard InChI is InChI=1S/C28H36N2O3/c1-3-32-28(31)27-22(2)30(19-15-23-11-6-4-7-12-23)26-14-13-24(21-25(26)27)33-20-10-18-29-16-8-5-9-17-29/h4,6-7,11-14,21H,3,5,8-10,15-20H2,1-2H3. The van der Waals surface area contributed by atoms with Crippen molar-refractivity contribution >= 4 is 16.9 Å². The minimum Gasteiger partial charge on any atom is -0.494 e. The van der Waals surface area contributed by atoms with Gasteiger partial charge in [-0.25, -0.2) is 4.79 Å². The van der Waals surface area contributed by atoms with Gasteiger partial charge in [-0.05, 0) is 76.4 Å². The first-order chi connectivity index (χ1) is 16.2. The van der Waals surface area contributed by atoms with Gasteiger partial charge in [0.05, 0.1) is 18.8 Å². The molecule has 4 rings (SSSR count). The number of benzene rings is 2. The lowest BCUT2D eigenvalue weighted by molar-refractivity contribution is 0.0527. The average molecular weight is 449 g/mol. The molecule has 0 saturated carbocycles. The van der Waals surface area contributed by atoms with E-state index in [1.165, 1.54) is 37.9 Å². The number of rotatable bonds is 10. The summed E-state index contributed by atoms with van der Waals surface area (Å²) in [4.78, 5) is 15.4. The van der Waals surface area contributed by atoms with Gasteiger partial charge in [0, 0.05) is 29.7 Å². The van der Waals surface area contributed by atoms with Gasteiger partial charge < -0.3 is 18.9 Å².